The van der Waals surface area contributed by atoms with Crippen molar-refractivity contribution < 1.29 is 0 Å². The molecular weight excluding hydrogens is 228 g/mol. The van der Waals surface area contributed by atoms with Crippen molar-refractivity contribution in [2.45, 2.75) is 19.4 Å². The van der Waals surface area contributed by atoms with Crippen molar-refractivity contribution in [1.82, 2.24) is 0 Å². The molecule has 0 fully saturated rings. The predicted molar refractivity (Wildman–Crippen MR) is 56.1 cm³/mol. The van der Waals surface area contributed by atoms with Gasteiger partial charge in [0.1, 0.15) is 6.07 Å². The van der Waals surface area contributed by atoms with Crippen LogP contribution in [-0.4, -0.2) is 0 Å². The third-order valence-corrected chi connectivity index (χ3v) is 2.67. The molecule has 0 aliphatic carbocycles. The van der Waals surface area contributed by atoms with Crippen molar-refractivity contribution >= 4 is 15.9 Å². The van der Waals surface area contributed by atoms with Gasteiger partial charge in [0.25, 0.3) is 0 Å². The zero-order valence-corrected chi connectivity index (χ0v) is 9.01. The smallest absolute Gasteiger partial charge is 0.100 e. The molecule has 0 aliphatic rings. The van der Waals surface area contributed by atoms with Gasteiger partial charge in [-0.3, -0.25) is 0 Å². The van der Waals surface area contributed by atoms with Crippen LogP contribution >= 0.6 is 15.9 Å². The second-order valence-corrected chi connectivity index (χ2v) is 3.72. The van der Waals surface area contributed by atoms with Gasteiger partial charge < -0.3 is 5.73 Å². The van der Waals surface area contributed by atoms with Crippen LogP contribution in [0.4, 0.5) is 0 Å². The lowest BCUT2D eigenvalue weighted by Gasteiger charge is -2.09. The lowest BCUT2D eigenvalue weighted by atomic mass is 10.0. The molecule has 0 saturated carbocycles. The average Bonchev–Trinajstić information content (AvgIpc) is 2.17. The van der Waals surface area contributed by atoms with Crippen molar-refractivity contribution in [3.05, 3.63) is 33.8 Å². The Hall–Kier alpha value is -0.850. The lowest BCUT2D eigenvalue weighted by molar-refractivity contribution is 0.698. The van der Waals surface area contributed by atoms with Gasteiger partial charge in [-0.15, -0.1) is 0 Å². The second kappa shape index (κ2) is 4.40. The molecule has 0 aromatic heterocycles. The number of rotatable bonds is 2. The van der Waals surface area contributed by atoms with Crippen LogP contribution in [0, 0.1) is 11.3 Å². The van der Waals surface area contributed by atoms with E-state index in [1.165, 1.54) is 0 Å². The lowest BCUT2D eigenvalue weighted by Crippen LogP contribution is -2.08. The van der Waals surface area contributed by atoms with Crippen LogP contribution in [0.2, 0.25) is 0 Å². The van der Waals surface area contributed by atoms with E-state index < -0.39 is 0 Å². The minimum absolute atomic E-state index is 0.0280. The molecule has 0 spiro atoms. The maximum Gasteiger partial charge on any atom is 0.100 e. The molecule has 1 unspecified atom stereocenters. The number of nitriles is 1. The van der Waals surface area contributed by atoms with E-state index >= 15 is 0 Å². The van der Waals surface area contributed by atoms with E-state index in [1.807, 2.05) is 25.1 Å². The van der Waals surface area contributed by atoms with Gasteiger partial charge in [-0.25, -0.2) is 0 Å². The van der Waals surface area contributed by atoms with Crippen molar-refractivity contribution in [2.24, 2.45) is 5.73 Å². The largest absolute Gasteiger partial charge is 0.324 e. The zero-order chi connectivity index (χ0) is 9.84. The van der Waals surface area contributed by atoms with Gasteiger partial charge in [0, 0.05) is 10.5 Å². The van der Waals surface area contributed by atoms with E-state index in [-0.39, 0.29) is 6.04 Å². The van der Waals surface area contributed by atoms with Gasteiger partial charge in [-0.1, -0.05) is 13.0 Å². The van der Waals surface area contributed by atoms with Crippen LogP contribution in [0.25, 0.3) is 0 Å². The Kier molecular flexibility index (Phi) is 3.47. The Morgan fingerprint density at radius 1 is 1.62 bits per heavy atom. The van der Waals surface area contributed by atoms with Gasteiger partial charge >= 0.3 is 0 Å². The first-order chi connectivity index (χ1) is 6.19. The Morgan fingerprint density at radius 3 is 2.85 bits per heavy atom. The maximum absolute atomic E-state index is 8.78. The SMILES string of the molecule is CCC(N)c1ccc(Br)c(C#N)c1. The number of benzene rings is 1. The Labute approximate surface area is 86.5 Å². The van der Waals surface area contributed by atoms with Gasteiger partial charge in [-0.05, 0) is 40.0 Å². The first-order valence-electron chi connectivity index (χ1n) is 4.14. The van der Waals surface area contributed by atoms with Gasteiger partial charge in [0.15, 0.2) is 0 Å². The fourth-order valence-electron chi connectivity index (χ4n) is 1.09. The van der Waals surface area contributed by atoms with Crippen molar-refractivity contribution in [3.8, 4) is 6.07 Å². The standard InChI is InChI=1S/C10H11BrN2/c1-2-10(13)7-3-4-9(11)8(5-7)6-12/h3-5,10H,2,13H2,1H3. The Balaban J connectivity index is 3.08. The van der Waals surface area contributed by atoms with Crippen LogP contribution in [0.15, 0.2) is 22.7 Å². The van der Waals surface area contributed by atoms with E-state index in [9.17, 15) is 0 Å². The molecule has 2 nitrogen and oxygen atoms in total. The minimum Gasteiger partial charge on any atom is -0.324 e. The fourth-order valence-corrected chi connectivity index (χ4v) is 1.43. The van der Waals surface area contributed by atoms with Crippen LogP contribution < -0.4 is 5.73 Å². The summed E-state index contributed by atoms with van der Waals surface area (Å²) >= 11 is 3.30. The van der Waals surface area contributed by atoms with Crippen molar-refractivity contribution in [1.29, 1.82) is 5.26 Å². The van der Waals surface area contributed by atoms with Gasteiger partial charge in [0.05, 0.1) is 5.56 Å². The summed E-state index contributed by atoms with van der Waals surface area (Å²) in [5.74, 6) is 0. The van der Waals surface area contributed by atoms with E-state index in [0.29, 0.717) is 5.56 Å². The molecule has 0 saturated heterocycles. The summed E-state index contributed by atoms with van der Waals surface area (Å²) in [6.45, 7) is 2.03. The summed E-state index contributed by atoms with van der Waals surface area (Å²) in [5.41, 5.74) is 7.50. The van der Waals surface area contributed by atoms with E-state index in [1.54, 1.807) is 0 Å². The highest BCUT2D eigenvalue weighted by molar-refractivity contribution is 9.10. The number of nitrogens with zero attached hydrogens (tertiary/aromatic N) is 1. The first kappa shape index (κ1) is 10.2. The number of hydrogen-bond acceptors (Lipinski definition) is 2. The molecule has 1 aromatic carbocycles. The topological polar surface area (TPSA) is 49.8 Å². The summed E-state index contributed by atoms with van der Waals surface area (Å²) in [7, 11) is 0. The third kappa shape index (κ3) is 2.30. The molecule has 0 aliphatic heterocycles. The van der Waals surface area contributed by atoms with Crippen LogP contribution in [0.1, 0.15) is 30.5 Å². The summed E-state index contributed by atoms with van der Waals surface area (Å²) in [4.78, 5) is 0. The Morgan fingerprint density at radius 2 is 2.31 bits per heavy atom. The molecule has 0 radical (unpaired) electrons. The predicted octanol–water partition coefficient (Wildman–Crippen LogP) is 2.73. The molecule has 1 aromatic rings. The summed E-state index contributed by atoms with van der Waals surface area (Å²) in [6.07, 6.45) is 0.881. The van der Waals surface area contributed by atoms with Crippen molar-refractivity contribution in [2.75, 3.05) is 0 Å². The fraction of sp³-hybridized carbons (Fsp3) is 0.300. The van der Waals surface area contributed by atoms with E-state index in [2.05, 4.69) is 22.0 Å². The van der Waals surface area contributed by atoms with Crippen LogP contribution in [0.3, 0.4) is 0 Å². The van der Waals surface area contributed by atoms with Crippen LogP contribution in [-0.2, 0) is 0 Å². The number of halogens is 1. The molecule has 13 heavy (non-hydrogen) atoms. The monoisotopic (exact) mass is 238 g/mol. The minimum atomic E-state index is 0.0280. The molecule has 1 atom stereocenters. The molecule has 0 amide bonds. The molecule has 2 N–H and O–H groups in total. The number of hydrogen-bond donors (Lipinski definition) is 1. The zero-order valence-electron chi connectivity index (χ0n) is 7.42. The van der Waals surface area contributed by atoms with Crippen molar-refractivity contribution in [3.63, 3.8) is 0 Å². The second-order valence-electron chi connectivity index (χ2n) is 2.87. The summed E-state index contributed by atoms with van der Waals surface area (Å²) in [5, 5.41) is 8.78. The maximum atomic E-state index is 8.78. The normalized spacial score (nSPS) is 12.2. The third-order valence-electron chi connectivity index (χ3n) is 1.98. The average molecular weight is 239 g/mol. The van der Waals surface area contributed by atoms with Gasteiger partial charge in [-0.2, -0.15) is 5.26 Å². The quantitative estimate of drug-likeness (QED) is 0.862. The highest BCUT2D eigenvalue weighted by Crippen LogP contribution is 2.21. The highest BCUT2D eigenvalue weighted by atomic mass is 79.9. The number of nitrogens with two attached hydrogens (primary N) is 1. The molecule has 68 valence electrons. The molecule has 3 heteroatoms. The summed E-state index contributed by atoms with van der Waals surface area (Å²) in [6, 6.07) is 7.78. The summed E-state index contributed by atoms with van der Waals surface area (Å²) < 4.78 is 0.821. The molecule has 0 bridgehead atoms. The molecule has 0 heterocycles. The van der Waals surface area contributed by atoms with E-state index in [0.717, 1.165) is 16.5 Å². The Bertz CT molecular complexity index is 341. The van der Waals surface area contributed by atoms with Crippen LogP contribution in [0.5, 0.6) is 0 Å². The first-order valence-corrected chi connectivity index (χ1v) is 4.93. The molecule has 1 rings (SSSR count). The molecular formula is C10H11BrN2. The van der Waals surface area contributed by atoms with Gasteiger partial charge in [0.2, 0.25) is 0 Å². The highest BCUT2D eigenvalue weighted by Gasteiger charge is 2.05. The van der Waals surface area contributed by atoms with E-state index in [4.69, 9.17) is 11.0 Å².